The minimum absolute atomic E-state index is 0.0223. The average Bonchev–Trinajstić information content (AvgIpc) is 2.60. The summed E-state index contributed by atoms with van der Waals surface area (Å²) in [6, 6.07) is 9.32. The molecule has 0 atom stereocenters. The van der Waals surface area contributed by atoms with Crippen LogP contribution in [0.3, 0.4) is 0 Å². The number of pyridine rings is 1. The number of carbonyl (C=O) groups is 2. The van der Waals surface area contributed by atoms with Gasteiger partial charge in [0.05, 0.1) is 5.56 Å². The summed E-state index contributed by atoms with van der Waals surface area (Å²) in [5, 5.41) is 2.95. The molecule has 0 unspecified atom stereocenters. The summed E-state index contributed by atoms with van der Waals surface area (Å²) in [4.78, 5) is 30.6. The quantitative estimate of drug-likeness (QED) is 0.926. The minimum Gasteiger partial charge on any atom is -0.326 e. The average molecular weight is 337 g/mol. The lowest BCUT2D eigenvalue weighted by Gasteiger charge is -2.30. The number of nitrogens with zero attached hydrogens (tertiary/aromatic N) is 2. The Balaban J connectivity index is 1.80. The monoisotopic (exact) mass is 337 g/mol. The highest BCUT2D eigenvalue weighted by molar-refractivity contribution is 6.06. The lowest BCUT2D eigenvalue weighted by molar-refractivity contribution is -0.116. The molecule has 2 amide bonds. The Labute approximate surface area is 148 Å². The zero-order valence-corrected chi connectivity index (χ0v) is 14.7. The molecule has 0 fully saturated rings. The fourth-order valence-electron chi connectivity index (χ4n) is 3.11. The molecule has 5 heteroatoms. The number of carbonyl (C=O) groups excluding carboxylic acids is 2. The number of hydrogen-bond acceptors (Lipinski definition) is 3. The lowest BCUT2D eigenvalue weighted by atomic mass is 10.00. The maximum absolute atomic E-state index is 12.8. The summed E-state index contributed by atoms with van der Waals surface area (Å²) in [5.41, 5.74) is 3.39. The van der Waals surface area contributed by atoms with Crippen LogP contribution in [-0.2, 0) is 11.2 Å². The number of nitrogens with one attached hydrogen (secondary N) is 1. The highest BCUT2D eigenvalue weighted by atomic mass is 16.2. The van der Waals surface area contributed by atoms with Gasteiger partial charge in [0.15, 0.2) is 0 Å². The first-order valence-corrected chi connectivity index (χ1v) is 8.69. The van der Waals surface area contributed by atoms with Crippen LogP contribution in [0.15, 0.2) is 42.7 Å². The molecule has 1 aromatic carbocycles. The third kappa shape index (κ3) is 4.05. The number of hydrogen-bond donors (Lipinski definition) is 1. The normalized spacial score (nSPS) is 13.5. The minimum atomic E-state index is -0.0364. The number of rotatable bonds is 4. The van der Waals surface area contributed by atoms with E-state index in [9.17, 15) is 9.59 Å². The van der Waals surface area contributed by atoms with Crippen molar-refractivity contribution >= 4 is 23.2 Å². The van der Waals surface area contributed by atoms with Crippen LogP contribution < -0.4 is 10.2 Å². The van der Waals surface area contributed by atoms with E-state index in [0.717, 1.165) is 29.8 Å². The Hall–Kier alpha value is -2.69. The van der Waals surface area contributed by atoms with Crippen LogP contribution in [-0.4, -0.2) is 23.3 Å². The molecular formula is C20H23N3O2. The van der Waals surface area contributed by atoms with E-state index in [-0.39, 0.29) is 11.8 Å². The van der Waals surface area contributed by atoms with Crippen molar-refractivity contribution in [2.24, 2.45) is 5.92 Å². The van der Waals surface area contributed by atoms with E-state index in [1.165, 1.54) is 0 Å². The van der Waals surface area contributed by atoms with Crippen LogP contribution in [0, 0.1) is 5.92 Å². The molecule has 0 saturated carbocycles. The SMILES string of the molecule is CC(C)CC(=O)Nc1ccc2c(c1)CCCN2C(=O)c1cccnc1. The van der Waals surface area contributed by atoms with Crippen molar-refractivity contribution in [2.75, 3.05) is 16.8 Å². The number of fused-ring (bicyclic) bond motifs is 1. The third-order valence-electron chi connectivity index (χ3n) is 4.23. The molecule has 1 aliphatic rings. The van der Waals surface area contributed by atoms with E-state index in [4.69, 9.17) is 0 Å². The van der Waals surface area contributed by atoms with Crippen LogP contribution in [0.4, 0.5) is 11.4 Å². The van der Waals surface area contributed by atoms with Gasteiger partial charge in [-0.15, -0.1) is 0 Å². The second kappa shape index (κ2) is 7.47. The molecule has 0 saturated heterocycles. The number of amides is 2. The zero-order chi connectivity index (χ0) is 17.8. The van der Waals surface area contributed by atoms with Crippen LogP contribution in [0.25, 0.3) is 0 Å². The molecule has 130 valence electrons. The topological polar surface area (TPSA) is 62.3 Å². The fourth-order valence-corrected chi connectivity index (χ4v) is 3.11. The van der Waals surface area contributed by atoms with Crippen LogP contribution in [0.1, 0.15) is 42.6 Å². The number of benzene rings is 1. The van der Waals surface area contributed by atoms with Crippen molar-refractivity contribution in [3.8, 4) is 0 Å². The van der Waals surface area contributed by atoms with E-state index < -0.39 is 0 Å². The summed E-state index contributed by atoms with van der Waals surface area (Å²) in [5.74, 6) is 0.310. The Morgan fingerprint density at radius 3 is 2.84 bits per heavy atom. The van der Waals surface area contributed by atoms with Gasteiger partial charge in [0.25, 0.3) is 5.91 Å². The van der Waals surface area contributed by atoms with Crippen molar-refractivity contribution in [1.82, 2.24) is 4.98 Å². The number of anilines is 2. The smallest absolute Gasteiger partial charge is 0.259 e. The summed E-state index contributed by atoms with van der Waals surface area (Å²) in [6.45, 7) is 4.74. The van der Waals surface area contributed by atoms with Crippen LogP contribution in [0.2, 0.25) is 0 Å². The van der Waals surface area contributed by atoms with Gasteiger partial charge in [-0.1, -0.05) is 13.8 Å². The standard InChI is InChI=1S/C20H23N3O2/c1-14(2)11-19(24)22-17-7-8-18-15(12-17)6-4-10-23(18)20(25)16-5-3-9-21-13-16/h3,5,7-9,12-14H,4,6,10-11H2,1-2H3,(H,22,24). The molecule has 1 N–H and O–H groups in total. The maximum Gasteiger partial charge on any atom is 0.259 e. The van der Waals surface area contributed by atoms with Gasteiger partial charge >= 0.3 is 0 Å². The summed E-state index contributed by atoms with van der Waals surface area (Å²) >= 11 is 0. The molecule has 1 aromatic heterocycles. The highest BCUT2D eigenvalue weighted by Crippen LogP contribution is 2.31. The Kier molecular flexibility index (Phi) is 5.12. The van der Waals surface area contributed by atoms with Crippen molar-refractivity contribution in [2.45, 2.75) is 33.1 Å². The molecule has 2 aromatic rings. The van der Waals surface area contributed by atoms with Gasteiger partial charge in [-0.25, -0.2) is 0 Å². The van der Waals surface area contributed by atoms with Crippen molar-refractivity contribution < 1.29 is 9.59 Å². The largest absolute Gasteiger partial charge is 0.326 e. The van der Waals surface area contributed by atoms with E-state index in [1.807, 2.05) is 32.0 Å². The molecule has 0 spiro atoms. The predicted molar refractivity (Wildman–Crippen MR) is 98.8 cm³/mol. The fraction of sp³-hybridized carbons (Fsp3) is 0.350. The van der Waals surface area contributed by atoms with Gasteiger partial charge < -0.3 is 10.2 Å². The molecule has 25 heavy (non-hydrogen) atoms. The first-order valence-electron chi connectivity index (χ1n) is 8.69. The van der Waals surface area contributed by atoms with Gasteiger partial charge in [-0.05, 0) is 54.7 Å². The van der Waals surface area contributed by atoms with Gasteiger partial charge in [0.1, 0.15) is 0 Å². The van der Waals surface area contributed by atoms with E-state index in [1.54, 1.807) is 29.4 Å². The first-order chi connectivity index (χ1) is 12.0. The predicted octanol–water partition coefficient (Wildman–Crippen LogP) is 3.66. The van der Waals surface area contributed by atoms with Gasteiger partial charge in [0, 0.05) is 36.7 Å². The second-order valence-electron chi connectivity index (χ2n) is 6.79. The Bertz CT molecular complexity index is 772. The molecule has 0 aliphatic carbocycles. The van der Waals surface area contributed by atoms with Crippen molar-refractivity contribution in [3.05, 3.63) is 53.9 Å². The molecule has 5 nitrogen and oxygen atoms in total. The summed E-state index contributed by atoms with van der Waals surface area (Å²) < 4.78 is 0. The Morgan fingerprint density at radius 1 is 1.28 bits per heavy atom. The summed E-state index contributed by atoms with van der Waals surface area (Å²) in [6.07, 6.45) is 5.56. The molecule has 2 heterocycles. The number of aromatic nitrogens is 1. The molecular weight excluding hydrogens is 314 g/mol. The maximum atomic E-state index is 12.8. The number of aryl methyl sites for hydroxylation is 1. The first kappa shape index (κ1) is 17.1. The van der Waals surface area contributed by atoms with E-state index in [2.05, 4.69) is 10.3 Å². The molecule has 0 bridgehead atoms. The van der Waals surface area contributed by atoms with Gasteiger partial charge in [-0.3, -0.25) is 14.6 Å². The van der Waals surface area contributed by atoms with E-state index >= 15 is 0 Å². The second-order valence-corrected chi connectivity index (χ2v) is 6.79. The highest BCUT2D eigenvalue weighted by Gasteiger charge is 2.24. The Morgan fingerprint density at radius 2 is 2.12 bits per heavy atom. The van der Waals surface area contributed by atoms with Crippen LogP contribution in [0.5, 0.6) is 0 Å². The van der Waals surface area contributed by atoms with Gasteiger partial charge in [0.2, 0.25) is 5.91 Å². The molecule has 0 radical (unpaired) electrons. The van der Waals surface area contributed by atoms with E-state index in [0.29, 0.717) is 24.4 Å². The lowest BCUT2D eigenvalue weighted by Crippen LogP contribution is -2.35. The van der Waals surface area contributed by atoms with Crippen molar-refractivity contribution in [1.29, 1.82) is 0 Å². The summed E-state index contributed by atoms with van der Waals surface area (Å²) in [7, 11) is 0. The van der Waals surface area contributed by atoms with Gasteiger partial charge in [-0.2, -0.15) is 0 Å². The van der Waals surface area contributed by atoms with Crippen molar-refractivity contribution in [3.63, 3.8) is 0 Å². The third-order valence-corrected chi connectivity index (χ3v) is 4.23. The van der Waals surface area contributed by atoms with Crippen LogP contribution >= 0.6 is 0 Å². The molecule has 1 aliphatic heterocycles. The zero-order valence-electron chi connectivity index (χ0n) is 14.7. The molecule has 3 rings (SSSR count).